The highest BCUT2D eigenvalue weighted by atomic mass is 16.5. The number of carbonyl (C=O) groups is 1. The minimum Gasteiger partial charge on any atom is -0.497 e. The molecule has 2 amide bonds. The van der Waals surface area contributed by atoms with Gasteiger partial charge in [-0.3, -0.25) is 0 Å². The van der Waals surface area contributed by atoms with Crippen LogP contribution < -0.4 is 25.2 Å². The van der Waals surface area contributed by atoms with Crippen molar-refractivity contribution in [3.05, 3.63) is 30.1 Å². The number of rotatable bonds is 6. The lowest BCUT2D eigenvalue weighted by Crippen LogP contribution is -2.38. The van der Waals surface area contributed by atoms with Crippen LogP contribution in [-0.4, -0.2) is 67.5 Å². The van der Waals surface area contributed by atoms with Gasteiger partial charge in [0.25, 0.3) is 0 Å². The summed E-state index contributed by atoms with van der Waals surface area (Å²) in [4.78, 5) is 30.5. The maximum Gasteiger partial charge on any atom is 0.319 e. The number of carbonyl (C=O) groups excluding carboxylic acids is 1. The molecule has 0 radical (unpaired) electrons. The summed E-state index contributed by atoms with van der Waals surface area (Å²) in [5.41, 5.74) is 0.647. The zero-order valence-corrected chi connectivity index (χ0v) is 17.1. The molecule has 10 nitrogen and oxygen atoms in total. The number of morpholine rings is 1. The number of amides is 2. The van der Waals surface area contributed by atoms with E-state index < -0.39 is 0 Å². The first-order chi connectivity index (χ1) is 14.7. The van der Waals surface area contributed by atoms with Crippen molar-refractivity contribution < 1.29 is 14.3 Å². The van der Waals surface area contributed by atoms with Crippen molar-refractivity contribution in [2.75, 3.05) is 61.6 Å². The first-order valence-corrected chi connectivity index (χ1v) is 10.2. The first-order valence-electron chi connectivity index (χ1n) is 10.2. The molecule has 0 saturated carbocycles. The molecule has 10 heteroatoms. The SMILES string of the molecule is COc1cccc(NC(=O)NCc2nc(N3CCCC3)nc(N3CCOCC3)n2)c1. The predicted molar refractivity (Wildman–Crippen MR) is 113 cm³/mol. The summed E-state index contributed by atoms with van der Waals surface area (Å²) in [6.07, 6.45) is 2.27. The molecular weight excluding hydrogens is 386 g/mol. The third-order valence-electron chi connectivity index (χ3n) is 5.08. The number of nitrogens with zero attached hydrogens (tertiary/aromatic N) is 5. The monoisotopic (exact) mass is 413 g/mol. The second-order valence-corrected chi connectivity index (χ2v) is 7.18. The van der Waals surface area contributed by atoms with Crippen LogP contribution in [0.15, 0.2) is 24.3 Å². The zero-order valence-electron chi connectivity index (χ0n) is 17.1. The average Bonchev–Trinajstić information content (AvgIpc) is 3.33. The van der Waals surface area contributed by atoms with Gasteiger partial charge in [0.15, 0.2) is 5.82 Å². The van der Waals surface area contributed by atoms with Gasteiger partial charge in [0.2, 0.25) is 11.9 Å². The fraction of sp³-hybridized carbons (Fsp3) is 0.500. The third-order valence-corrected chi connectivity index (χ3v) is 5.08. The standard InChI is InChI=1S/C20H27N7O3/c1-29-16-6-4-5-15(13-16)22-20(28)21-14-17-23-18(26-7-2-3-8-26)25-19(24-17)27-9-11-30-12-10-27/h4-6,13H,2-3,7-12,14H2,1H3,(H2,21,22,28). The fourth-order valence-corrected chi connectivity index (χ4v) is 3.47. The van der Waals surface area contributed by atoms with Gasteiger partial charge in [0.1, 0.15) is 5.75 Å². The van der Waals surface area contributed by atoms with E-state index in [-0.39, 0.29) is 12.6 Å². The van der Waals surface area contributed by atoms with Crippen molar-refractivity contribution in [3.8, 4) is 5.75 Å². The lowest BCUT2D eigenvalue weighted by Gasteiger charge is -2.28. The Hall–Kier alpha value is -3.14. The molecule has 0 aliphatic carbocycles. The molecule has 0 atom stereocenters. The molecule has 2 saturated heterocycles. The molecule has 0 bridgehead atoms. The van der Waals surface area contributed by atoms with Crippen molar-refractivity contribution in [2.45, 2.75) is 19.4 Å². The quantitative estimate of drug-likeness (QED) is 0.737. The fourth-order valence-electron chi connectivity index (χ4n) is 3.47. The van der Waals surface area contributed by atoms with Gasteiger partial charge >= 0.3 is 6.03 Å². The van der Waals surface area contributed by atoms with Gasteiger partial charge < -0.3 is 29.9 Å². The largest absolute Gasteiger partial charge is 0.497 e. The Labute approximate surface area is 175 Å². The Bertz CT molecular complexity index is 867. The number of urea groups is 1. The van der Waals surface area contributed by atoms with Gasteiger partial charge in [-0.15, -0.1) is 0 Å². The average molecular weight is 413 g/mol. The molecule has 0 unspecified atom stereocenters. The number of hydrogen-bond acceptors (Lipinski definition) is 8. The van der Waals surface area contributed by atoms with Crippen LogP contribution in [0.1, 0.15) is 18.7 Å². The second-order valence-electron chi connectivity index (χ2n) is 7.18. The second kappa shape index (κ2) is 9.57. The molecule has 2 fully saturated rings. The lowest BCUT2D eigenvalue weighted by atomic mass is 10.3. The Balaban J connectivity index is 1.45. The van der Waals surface area contributed by atoms with Gasteiger partial charge in [-0.1, -0.05) is 6.07 Å². The smallest absolute Gasteiger partial charge is 0.319 e. The summed E-state index contributed by atoms with van der Waals surface area (Å²) < 4.78 is 10.6. The number of nitrogens with one attached hydrogen (secondary N) is 2. The minimum absolute atomic E-state index is 0.205. The molecule has 160 valence electrons. The first kappa shape index (κ1) is 20.1. The van der Waals surface area contributed by atoms with Crippen molar-refractivity contribution >= 4 is 23.6 Å². The van der Waals surface area contributed by atoms with E-state index in [1.807, 2.05) is 12.1 Å². The Morgan fingerprint density at radius 1 is 1.07 bits per heavy atom. The van der Waals surface area contributed by atoms with Crippen LogP contribution in [0.5, 0.6) is 5.75 Å². The van der Waals surface area contributed by atoms with E-state index in [1.165, 1.54) is 0 Å². The molecule has 2 N–H and O–H groups in total. The number of ether oxygens (including phenoxy) is 2. The van der Waals surface area contributed by atoms with Gasteiger partial charge in [-0.25, -0.2) is 4.79 Å². The lowest BCUT2D eigenvalue weighted by molar-refractivity contribution is 0.122. The molecular formula is C20H27N7O3. The number of hydrogen-bond donors (Lipinski definition) is 2. The maximum atomic E-state index is 12.3. The molecule has 2 aliphatic heterocycles. The Morgan fingerprint density at radius 2 is 1.77 bits per heavy atom. The van der Waals surface area contributed by atoms with Crippen LogP contribution in [-0.2, 0) is 11.3 Å². The van der Waals surface area contributed by atoms with Crippen molar-refractivity contribution in [1.82, 2.24) is 20.3 Å². The van der Waals surface area contributed by atoms with Crippen LogP contribution in [0.2, 0.25) is 0 Å². The van der Waals surface area contributed by atoms with E-state index in [4.69, 9.17) is 9.47 Å². The van der Waals surface area contributed by atoms with Crippen LogP contribution in [0.4, 0.5) is 22.4 Å². The molecule has 1 aromatic carbocycles. The molecule has 2 aromatic rings. The normalized spacial score (nSPS) is 16.4. The zero-order chi connectivity index (χ0) is 20.8. The summed E-state index contributed by atoms with van der Waals surface area (Å²) in [5, 5.41) is 5.62. The van der Waals surface area contributed by atoms with Gasteiger partial charge in [0, 0.05) is 37.9 Å². The maximum absolute atomic E-state index is 12.3. The highest BCUT2D eigenvalue weighted by molar-refractivity contribution is 5.89. The summed E-state index contributed by atoms with van der Waals surface area (Å²) in [6, 6.07) is 6.86. The number of aromatic nitrogens is 3. The number of anilines is 3. The molecule has 0 spiro atoms. The van der Waals surface area contributed by atoms with Gasteiger partial charge in [0.05, 0.1) is 26.9 Å². The Morgan fingerprint density at radius 3 is 2.47 bits per heavy atom. The van der Waals surface area contributed by atoms with Crippen LogP contribution >= 0.6 is 0 Å². The number of benzene rings is 1. The van der Waals surface area contributed by atoms with E-state index in [2.05, 4.69) is 35.4 Å². The van der Waals surface area contributed by atoms with E-state index in [0.717, 1.165) is 39.0 Å². The number of methoxy groups -OCH3 is 1. The third kappa shape index (κ3) is 5.07. The topological polar surface area (TPSA) is 105 Å². The summed E-state index contributed by atoms with van der Waals surface area (Å²) >= 11 is 0. The van der Waals surface area contributed by atoms with Gasteiger partial charge in [-0.2, -0.15) is 15.0 Å². The highest BCUT2D eigenvalue weighted by Gasteiger charge is 2.21. The van der Waals surface area contributed by atoms with E-state index in [0.29, 0.717) is 42.4 Å². The van der Waals surface area contributed by atoms with Crippen molar-refractivity contribution in [2.24, 2.45) is 0 Å². The summed E-state index contributed by atoms with van der Waals surface area (Å²) in [6.45, 7) is 4.88. The Kier molecular flexibility index (Phi) is 6.43. The van der Waals surface area contributed by atoms with Crippen LogP contribution in [0, 0.1) is 0 Å². The van der Waals surface area contributed by atoms with Crippen LogP contribution in [0.3, 0.4) is 0 Å². The van der Waals surface area contributed by atoms with Crippen LogP contribution in [0.25, 0.3) is 0 Å². The molecule has 2 aliphatic rings. The molecule has 30 heavy (non-hydrogen) atoms. The van der Waals surface area contributed by atoms with E-state index in [9.17, 15) is 4.79 Å². The van der Waals surface area contributed by atoms with Crippen molar-refractivity contribution in [3.63, 3.8) is 0 Å². The summed E-state index contributed by atoms with van der Waals surface area (Å²) in [7, 11) is 1.59. The minimum atomic E-state index is -0.334. The molecule has 1 aromatic heterocycles. The molecule has 4 rings (SSSR count). The van der Waals surface area contributed by atoms with E-state index in [1.54, 1.807) is 19.2 Å². The molecule has 3 heterocycles. The summed E-state index contributed by atoms with van der Waals surface area (Å²) in [5.74, 6) is 2.53. The van der Waals surface area contributed by atoms with E-state index >= 15 is 0 Å². The van der Waals surface area contributed by atoms with Gasteiger partial charge in [-0.05, 0) is 25.0 Å². The van der Waals surface area contributed by atoms with Crippen molar-refractivity contribution in [1.29, 1.82) is 0 Å². The predicted octanol–water partition coefficient (Wildman–Crippen LogP) is 1.64. The highest BCUT2D eigenvalue weighted by Crippen LogP contribution is 2.20.